The van der Waals surface area contributed by atoms with Gasteiger partial charge in [0.05, 0.1) is 19.3 Å². The van der Waals surface area contributed by atoms with Gasteiger partial charge in [-0.15, -0.1) is 0 Å². The number of ether oxygens (including phenoxy) is 2. The highest BCUT2D eigenvalue weighted by molar-refractivity contribution is 5.80. The van der Waals surface area contributed by atoms with Gasteiger partial charge in [0.1, 0.15) is 5.54 Å². The SMILES string of the molecule is CCOC(=O)C(C)(N)COC1CCCCCC1. The molecule has 4 heteroatoms. The average molecular weight is 243 g/mol. The highest BCUT2D eigenvalue weighted by Crippen LogP contribution is 2.20. The van der Waals surface area contributed by atoms with Crippen LogP contribution in [0.2, 0.25) is 0 Å². The van der Waals surface area contributed by atoms with Gasteiger partial charge in [-0.05, 0) is 26.7 Å². The third-order valence-corrected chi connectivity index (χ3v) is 3.16. The van der Waals surface area contributed by atoms with Crippen LogP contribution in [0.25, 0.3) is 0 Å². The minimum atomic E-state index is -1.03. The minimum absolute atomic E-state index is 0.247. The zero-order valence-corrected chi connectivity index (χ0v) is 11.0. The molecular formula is C13H25NO3. The summed E-state index contributed by atoms with van der Waals surface area (Å²) in [5, 5.41) is 0. The third kappa shape index (κ3) is 5.04. The molecule has 1 unspecified atom stereocenters. The van der Waals surface area contributed by atoms with Gasteiger partial charge in [0.2, 0.25) is 0 Å². The molecule has 0 spiro atoms. The normalized spacial score (nSPS) is 21.6. The van der Waals surface area contributed by atoms with Crippen LogP contribution in [0.15, 0.2) is 0 Å². The van der Waals surface area contributed by atoms with Gasteiger partial charge in [-0.25, -0.2) is 4.79 Å². The Hall–Kier alpha value is -0.610. The maximum Gasteiger partial charge on any atom is 0.328 e. The lowest BCUT2D eigenvalue weighted by molar-refractivity contribution is -0.152. The van der Waals surface area contributed by atoms with Crippen molar-refractivity contribution >= 4 is 5.97 Å². The van der Waals surface area contributed by atoms with Crippen LogP contribution in [-0.2, 0) is 14.3 Å². The first-order chi connectivity index (χ1) is 8.06. The molecule has 1 rings (SSSR count). The maximum atomic E-state index is 11.6. The summed E-state index contributed by atoms with van der Waals surface area (Å²) in [5.41, 5.74) is 4.88. The van der Waals surface area contributed by atoms with E-state index in [1.54, 1.807) is 13.8 Å². The Kier molecular flexibility index (Phi) is 5.92. The first-order valence-electron chi connectivity index (χ1n) is 6.64. The zero-order valence-electron chi connectivity index (χ0n) is 11.0. The van der Waals surface area contributed by atoms with Crippen molar-refractivity contribution in [2.45, 2.75) is 64.0 Å². The molecule has 1 atom stereocenters. The average Bonchev–Trinajstić information content (AvgIpc) is 2.55. The van der Waals surface area contributed by atoms with Crippen LogP contribution in [0.1, 0.15) is 52.4 Å². The summed E-state index contributed by atoms with van der Waals surface area (Å²) in [7, 11) is 0. The van der Waals surface area contributed by atoms with Crippen molar-refractivity contribution in [1.29, 1.82) is 0 Å². The Morgan fingerprint density at radius 3 is 2.41 bits per heavy atom. The van der Waals surface area contributed by atoms with Crippen LogP contribution >= 0.6 is 0 Å². The second-order valence-corrected chi connectivity index (χ2v) is 5.06. The van der Waals surface area contributed by atoms with Crippen LogP contribution < -0.4 is 5.73 Å². The summed E-state index contributed by atoms with van der Waals surface area (Å²) in [6.07, 6.45) is 7.43. The van der Waals surface area contributed by atoms with Crippen molar-refractivity contribution in [3.63, 3.8) is 0 Å². The highest BCUT2D eigenvalue weighted by atomic mass is 16.5. The standard InChI is InChI=1S/C13H25NO3/c1-3-16-12(15)13(2,14)10-17-11-8-6-4-5-7-9-11/h11H,3-10,14H2,1-2H3. The number of esters is 1. The van der Waals surface area contributed by atoms with Gasteiger partial charge >= 0.3 is 5.97 Å². The first kappa shape index (κ1) is 14.5. The summed E-state index contributed by atoms with van der Waals surface area (Å²) in [4.78, 5) is 11.6. The molecule has 0 aromatic carbocycles. The van der Waals surface area contributed by atoms with Crippen molar-refractivity contribution in [2.75, 3.05) is 13.2 Å². The number of hydrogen-bond acceptors (Lipinski definition) is 4. The molecule has 1 aliphatic rings. The summed E-state index contributed by atoms with van der Waals surface area (Å²) in [6, 6.07) is 0. The largest absolute Gasteiger partial charge is 0.465 e. The molecule has 1 fully saturated rings. The fraction of sp³-hybridized carbons (Fsp3) is 0.923. The molecule has 0 radical (unpaired) electrons. The summed E-state index contributed by atoms with van der Waals surface area (Å²) in [6.45, 7) is 4.05. The van der Waals surface area contributed by atoms with Crippen molar-refractivity contribution in [3.05, 3.63) is 0 Å². The molecule has 17 heavy (non-hydrogen) atoms. The Balaban J connectivity index is 2.34. The lowest BCUT2D eigenvalue weighted by atomic mass is 10.1. The molecule has 0 bridgehead atoms. The van der Waals surface area contributed by atoms with E-state index in [1.807, 2.05) is 0 Å². The first-order valence-corrected chi connectivity index (χ1v) is 6.64. The summed E-state index contributed by atoms with van der Waals surface area (Å²) >= 11 is 0. The maximum absolute atomic E-state index is 11.6. The van der Waals surface area contributed by atoms with E-state index in [1.165, 1.54) is 25.7 Å². The molecule has 0 aromatic rings. The van der Waals surface area contributed by atoms with E-state index in [0.29, 0.717) is 6.61 Å². The van der Waals surface area contributed by atoms with E-state index in [0.717, 1.165) is 12.8 Å². The summed E-state index contributed by atoms with van der Waals surface area (Å²) < 4.78 is 10.7. The molecule has 1 aliphatic carbocycles. The van der Waals surface area contributed by atoms with E-state index in [4.69, 9.17) is 15.2 Å². The van der Waals surface area contributed by atoms with Crippen molar-refractivity contribution in [2.24, 2.45) is 5.73 Å². The Labute approximate surface area is 104 Å². The molecule has 0 aromatic heterocycles. The van der Waals surface area contributed by atoms with Gasteiger partial charge in [-0.1, -0.05) is 25.7 Å². The number of rotatable bonds is 5. The van der Waals surface area contributed by atoms with Crippen LogP contribution in [0.3, 0.4) is 0 Å². The fourth-order valence-electron chi connectivity index (χ4n) is 2.05. The quantitative estimate of drug-likeness (QED) is 0.592. The molecule has 0 amide bonds. The van der Waals surface area contributed by atoms with Gasteiger partial charge in [-0.2, -0.15) is 0 Å². The predicted octanol–water partition coefficient (Wildman–Crippen LogP) is 2.01. The molecule has 1 saturated carbocycles. The Bertz CT molecular complexity index is 233. The molecule has 0 saturated heterocycles. The van der Waals surface area contributed by atoms with E-state index in [9.17, 15) is 4.79 Å². The summed E-state index contributed by atoms with van der Waals surface area (Å²) in [5.74, 6) is -0.381. The Morgan fingerprint density at radius 2 is 1.88 bits per heavy atom. The number of hydrogen-bond donors (Lipinski definition) is 1. The van der Waals surface area contributed by atoms with E-state index in [-0.39, 0.29) is 18.7 Å². The van der Waals surface area contributed by atoms with E-state index in [2.05, 4.69) is 0 Å². The van der Waals surface area contributed by atoms with Gasteiger partial charge in [0.25, 0.3) is 0 Å². The molecule has 0 heterocycles. The molecule has 4 nitrogen and oxygen atoms in total. The molecule has 2 N–H and O–H groups in total. The highest BCUT2D eigenvalue weighted by Gasteiger charge is 2.31. The molecular weight excluding hydrogens is 218 g/mol. The van der Waals surface area contributed by atoms with Crippen molar-refractivity contribution in [3.8, 4) is 0 Å². The monoisotopic (exact) mass is 243 g/mol. The molecule has 0 aliphatic heterocycles. The third-order valence-electron chi connectivity index (χ3n) is 3.16. The van der Waals surface area contributed by atoms with Crippen LogP contribution in [0, 0.1) is 0 Å². The lowest BCUT2D eigenvalue weighted by Crippen LogP contribution is -2.50. The second-order valence-electron chi connectivity index (χ2n) is 5.06. The fourth-order valence-corrected chi connectivity index (χ4v) is 2.05. The van der Waals surface area contributed by atoms with E-state index < -0.39 is 5.54 Å². The molecule has 100 valence electrons. The van der Waals surface area contributed by atoms with Gasteiger partial charge < -0.3 is 15.2 Å². The van der Waals surface area contributed by atoms with Crippen molar-refractivity contribution < 1.29 is 14.3 Å². The Morgan fingerprint density at radius 1 is 1.29 bits per heavy atom. The van der Waals surface area contributed by atoms with Crippen LogP contribution in [-0.4, -0.2) is 30.8 Å². The number of nitrogens with two attached hydrogens (primary N) is 1. The topological polar surface area (TPSA) is 61.5 Å². The van der Waals surface area contributed by atoms with Gasteiger partial charge in [0.15, 0.2) is 0 Å². The number of carbonyl (C=O) groups is 1. The van der Waals surface area contributed by atoms with Crippen molar-refractivity contribution in [1.82, 2.24) is 0 Å². The lowest BCUT2D eigenvalue weighted by Gasteiger charge is -2.25. The minimum Gasteiger partial charge on any atom is -0.465 e. The van der Waals surface area contributed by atoms with Gasteiger partial charge in [0, 0.05) is 0 Å². The van der Waals surface area contributed by atoms with Crippen LogP contribution in [0.5, 0.6) is 0 Å². The van der Waals surface area contributed by atoms with E-state index >= 15 is 0 Å². The predicted molar refractivity (Wildman–Crippen MR) is 66.7 cm³/mol. The smallest absolute Gasteiger partial charge is 0.328 e. The van der Waals surface area contributed by atoms with Crippen LogP contribution in [0.4, 0.5) is 0 Å². The second kappa shape index (κ2) is 6.97. The zero-order chi connectivity index (χ0) is 12.7. The number of carbonyl (C=O) groups excluding carboxylic acids is 1. The van der Waals surface area contributed by atoms with Gasteiger partial charge in [-0.3, -0.25) is 0 Å².